The van der Waals surface area contributed by atoms with Crippen molar-refractivity contribution in [1.29, 1.82) is 0 Å². The van der Waals surface area contributed by atoms with E-state index in [9.17, 15) is 9.18 Å². The van der Waals surface area contributed by atoms with Crippen molar-refractivity contribution in [3.8, 4) is 0 Å². The van der Waals surface area contributed by atoms with Crippen molar-refractivity contribution in [1.82, 2.24) is 0 Å². The van der Waals surface area contributed by atoms with Gasteiger partial charge in [-0.3, -0.25) is 0 Å². The van der Waals surface area contributed by atoms with Crippen LogP contribution in [0, 0.1) is 5.82 Å². The number of halogens is 2. The van der Waals surface area contributed by atoms with E-state index in [-0.39, 0.29) is 12.4 Å². The van der Waals surface area contributed by atoms with Crippen LogP contribution in [0.3, 0.4) is 0 Å². The molecule has 4 heteroatoms. The molecule has 0 saturated carbocycles. The first-order valence-corrected chi connectivity index (χ1v) is 6.78. The number of carbonyl (C=O) groups excluding carboxylic acids is 1. The Balaban J connectivity index is 1.93. The van der Waals surface area contributed by atoms with Gasteiger partial charge in [0.05, 0.1) is 5.56 Å². The van der Waals surface area contributed by atoms with Crippen molar-refractivity contribution in [2.24, 2.45) is 0 Å². The third-order valence-electron chi connectivity index (χ3n) is 2.54. The Morgan fingerprint density at radius 2 is 1.75 bits per heavy atom. The summed E-state index contributed by atoms with van der Waals surface area (Å²) in [4.78, 5) is 11.7. The standard InChI is InChI=1S/C16H12BrFO2/c17-14(10-12-4-2-1-3-5-12)11-20-16(19)13-6-8-15(18)9-7-13/h1-10H,11H2/b14-10+. The van der Waals surface area contributed by atoms with Gasteiger partial charge in [-0.25, -0.2) is 9.18 Å². The Morgan fingerprint density at radius 3 is 2.40 bits per heavy atom. The Labute approximate surface area is 125 Å². The van der Waals surface area contributed by atoms with E-state index >= 15 is 0 Å². The first-order valence-electron chi connectivity index (χ1n) is 5.99. The van der Waals surface area contributed by atoms with Gasteiger partial charge in [0.2, 0.25) is 0 Å². The largest absolute Gasteiger partial charge is 0.457 e. The first kappa shape index (κ1) is 14.5. The molecule has 0 heterocycles. The third kappa shape index (κ3) is 4.31. The van der Waals surface area contributed by atoms with Crippen LogP contribution in [0.2, 0.25) is 0 Å². The van der Waals surface area contributed by atoms with Gasteiger partial charge < -0.3 is 4.74 Å². The molecule has 0 radical (unpaired) electrons. The highest BCUT2D eigenvalue weighted by molar-refractivity contribution is 9.11. The van der Waals surface area contributed by atoms with Crippen molar-refractivity contribution < 1.29 is 13.9 Å². The molecule has 0 aliphatic rings. The highest BCUT2D eigenvalue weighted by Gasteiger charge is 2.07. The molecule has 102 valence electrons. The second-order valence-electron chi connectivity index (χ2n) is 4.08. The quantitative estimate of drug-likeness (QED) is 0.773. The molecule has 0 amide bonds. The van der Waals surface area contributed by atoms with Crippen LogP contribution in [0.25, 0.3) is 6.08 Å². The summed E-state index contributed by atoms with van der Waals surface area (Å²) < 4.78 is 18.6. The van der Waals surface area contributed by atoms with Gasteiger partial charge >= 0.3 is 5.97 Å². The van der Waals surface area contributed by atoms with Crippen LogP contribution in [0.4, 0.5) is 4.39 Å². The zero-order valence-electron chi connectivity index (χ0n) is 10.6. The number of ether oxygens (including phenoxy) is 1. The molecule has 0 aromatic heterocycles. The normalized spacial score (nSPS) is 11.2. The van der Waals surface area contributed by atoms with Crippen LogP contribution in [0.1, 0.15) is 15.9 Å². The molecule has 0 aliphatic heterocycles. The van der Waals surface area contributed by atoms with E-state index in [0.29, 0.717) is 5.56 Å². The molecule has 0 fully saturated rings. The number of benzene rings is 2. The third-order valence-corrected chi connectivity index (χ3v) is 3.00. The van der Waals surface area contributed by atoms with Crippen LogP contribution in [-0.4, -0.2) is 12.6 Å². The van der Waals surface area contributed by atoms with Crippen LogP contribution in [-0.2, 0) is 4.74 Å². The minimum atomic E-state index is -0.483. The van der Waals surface area contributed by atoms with Gasteiger partial charge in [-0.2, -0.15) is 0 Å². The molecule has 0 aliphatic carbocycles. The second-order valence-corrected chi connectivity index (χ2v) is 5.10. The van der Waals surface area contributed by atoms with Crippen LogP contribution in [0.15, 0.2) is 59.1 Å². The highest BCUT2D eigenvalue weighted by Crippen LogP contribution is 2.13. The average Bonchev–Trinajstić information content (AvgIpc) is 2.46. The summed E-state index contributed by atoms with van der Waals surface area (Å²) in [6, 6.07) is 14.9. The lowest BCUT2D eigenvalue weighted by atomic mass is 10.2. The number of hydrogen-bond donors (Lipinski definition) is 0. The maximum atomic E-state index is 12.7. The van der Waals surface area contributed by atoms with Gasteiger partial charge in [0.25, 0.3) is 0 Å². The van der Waals surface area contributed by atoms with Gasteiger partial charge in [0, 0.05) is 4.48 Å². The van der Waals surface area contributed by atoms with E-state index in [1.807, 2.05) is 36.4 Å². The number of rotatable bonds is 4. The summed E-state index contributed by atoms with van der Waals surface area (Å²) in [7, 11) is 0. The van der Waals surface area contributed by atoms with E-state index < -0.39 is 5.97 Å². The smallest absolute Gasteiger partial charge is 0.338 e. The van der Waals surface area contributed by atoms with Gasteiger partial charge in [0.15, 0.2) is 0 Å². The maximum Gasteiger partial charge on any atom is 0.338 e. The summed E-state index contributed by atoms with van der Waals surface area (Å²) in [5.74, 6) is -0.866. The fourth-order valence-electron chi connectivity index (χ4n) is 1.58. The van der Waals surface area contributed by atoms with Crippen LogP contribution < -0.4 is 0 Å². The topological polar surface area (TPSA) is 26.3 Å². The zero-order valence-corrected chi connectivity index (χ0v) is 12.1. The van der Waals surface area contributed by atoms with E-state index in [4.69, 9.17) is 4.74 Å². The molecule has 0 N–H and O–H groups in total. The minimum Gasteiger partial charge on any atom is -0.457 e. The van der Waals surface area contributed by atoms with Gasteiger partial charge in [0.1, 0.15) is 12.4 Å². The lowest BCUT2D eigenvalue weighted by molar-refractivity contribution is 0.0548. The fourth-order valence-corrected chi connectivity index (χ4v) is 1.95. The summed E-state index contributed by atoms with van der Waals surface area (Å²) in [5, 5.41) is 0. The Morgan fingerprint density at radius 1 is 1.10 bits per heavy atom. The predicted octanol–water partition coefficient (Wildman–Crippen LogP) is 4.42. The van der Waals surface area contributed by atoms with Crippen molar-refractivity contribution in [3.05, 3.63) is 76.0 Å². The van der Waals surface area contributed by atoms with E-state index in [1.54, 1.807) is 0 Å². The molecular weight excluding hydrogens is 323 g/mol. The summed E-state index contributed by atoms with van der Waals surface area (Å²) in [6.45, 7) is 0.130. The number of carbonyl (C=O) groups is 1. The SMILES string of the molecule is O=C(OC/C(Br)=C\c1ccccc1)c1ccc(F)cc1. The van der Waals surface area contributed by atoms with E-state index in [2.05, 4.69) is 15.9 Å². The molecule has 0 spiro atoms. The minimum absolute atomic E-state index is 0.130. The van der Waals surface area contributed by atoms with Crippen molar-refractivity contribution in [3.63, 3.8) is 0 Å². The van der Waals surface area contributed by atoms with E-state index in [1.165, 1.54) is 24.3 Å². The van der Waals surface area contributed by atoms with Crippen molar-refractivity contribution in [2.75, 3.05) is 6.61 Å². The summed E-state index contributed by atoms with van der Waals surface area (Å²) >= 11 is 3.35. The summed E-state index contributed by atoms with van der Waals surface area (Å²) in [5.41, 5.74) is 1.34. The van der Waals surface area contributed by atoms with Crippen molar-refractivity contribution in [2.45, 2.75) is 0 Å². The second kappa shape index (κ2) is 7.01. The maximum absolute atomic E-state index is 12.7. The Hall–Kier alpha value is -1.94. The number of esters is 1. The van der Waals surface area contributed by atoms with Crippen LogP contribution >= 0.6 is 15.9 Å². The van der Waals surface area contributed by atoms with Crippen LogP contribution in [0.5, 0.6) is 0 Å². The molecule has 0 unspecified atom stereocenters. The van der Waals surface area contributed by atoms with E-state index in [0.717, 1.165) is 10.0 Å². The molecule has 2 aromatic rings. The van der Waals surface area contributed by atoms with Gasteiger partial charge in [-0.05, 0) is 35.9 Å². The molecule has 2 rings (SSSR count). The Kier molecular flexibility index (Phi) is 5.07. The van der Waals surface area contributed by atoms with Crippen molar-refractivity contribution >= 4 is 28.0 Å². The number of hydrogen-bond acceptors (Lipinski definition) is 2. The average molecular weight is 335 g/mol. The molecule has 2 nitrogen and oxygen atoms in total. The molecule has 2 aromatic carbocycles. The monoisotopic (exact) mass is 334 g/mol. The lowest BCUT2D eigenvalue weighted by Gasteiger charge is -2.04. The first-order chi connectivity index (χ1) is 9.65. The predicted molar refractivity (Wildman–Crippen MR) is 80.0 cm³/mol. The molecule has 0 bridgehead atoms. The molecule has 0 saturated heterocycles. The molecule has 0 atom stereocenters. The highest BCUT2D eigenvalue weighted by atomic mass is 79.9. The molecular formula is C16H12BrFO2. The van der Waals surface area contributed by atoms with Gasteiger partial charge in [-0.1, -0.05) is 46.3 Å². The van der Waals surface area contributed by atoms with Gasteiger partial charge in [-0.15, -0.1) is 0 Å². The summed E-state index contributed by atoms with van der Waals surface area (Å²) in [6.07, 6.45) is 1.87. The molecule has 20 heavy (non-hydrogen) atoms. The Bertz CT molecular complexity index is 606. The lowest BCUT2D eigenvalue weighted by Crippen LogP contribution is -2.06. The zero-order chi connectivity index (χ0) is 14.4. The fraction of sp³-hybridized carbons (Fsp3) is 0.0625.